The van der Waals surface area contributed by atoms with Gasteiger partial charge in [0.2, 0.25) is 0 Å². The Morgan fingerprint density at radius 1 is 1.31 bits per heavy atom. The van der Waals surface area contributed by atoms with Crippen LogP contribution in [-0.4, -0.2) is 12.7 Å². The number of hydrogen-bond donors (Lipinski definition) is 0. The Balaban J connectivity index is 2.47. The van der Waals surface area contributed by atoms with Gasteiger partial charge in [-0.2, -0.15) is 5.26 Å². The zero-order valence-electron chi connectivity index (χ0n) is 15.1. The quantitative estimate of drug-likeness (QED) is 0.396. The first-order valence-electron chi connectivity index (χ1n) is 8.49. The third-order valence-electron chi connectivity index (χ3n) is 3.79. The van der Waals surface area contributed by atoms with Crippen LogP contribution in [-0.2, 0) is 0 Å². The van der Waals surface area contributed by atoms with Crippen LogP contribution in [0.3, 0.4) is 0 Å². The van der Waals surface area contributed by atoms with Gasteiger partial charge in [0.1, 0.15) is 5.82 Å². The molecule has 1 atom stereocenters. The molecule has 0 amide bonds. The highest BCUT2D eigenvalue weighted by atomic mass is 79.9. The molecule has 0 N–H and O–H groups in total. The van der Waals surface area contributed by atoms with Crippen LogP contribution in [0.15, 0.2) is 40.9 Å². The maximum atomic E-state index is 13.5. The highest BCUT2D eigenvalue weighted by Gasteiger charge is 2.14. The van der Waals surface area contributed by atoms with E-state index in [0.29, 0.717) is 29.2 Å². The van der Waals surface area contributed by atoms with Gasteiger partial charge in [-0.1, -0.05) is 19.1 Å². The van der Waals surface area contributed by atoms with Crippen LogP contribution in [0.2, 0.25) is 0 Å². The average molecular weight is 418 g/mol. The molecule has 0 heterocycles. The molecule has 0 bridgehead atoms. The Hall–Kier alpha value is -2.32. The summed E-state index contributed by atoms with van der Waals surface area (Å²) in [6.07, 6.45) is 2.63. The van der Waals surface area contributed by atoms with Crippen molar-refractivity contribution in [2.24, 2.45) is 0 Å². The zero-order chi connectivity index (χ0) is 19.1. The number of halogens is 2. The first-order chi connectivity index (χ1) is 12.5. The van der Waals surface area contributed by atoms with Crippen molar-refractivity contribution in [2.45, 2.75) is 33.3 Å². The van der Waals surface area contributed by atoms with Gasteiger partial charge < -0.3 is 9.47 Å². The van der Waals surface area contributed by atoms with Crippen LogP contribution < -0.4 is 9.47 Å². The van der Waals surface area contributed by atoms with Crippen LogP contribution in [0.1, 0.15) is 38.3 Å². The summed E-state index contributed by atoms with van der Waals surface area (Å²) in [4.78, 5) is 0. The minimum absolute atomic E-state index is 0.0499. The van der Waals surface area contributed by atoms with E-state index in [2.05, 4.69) is 22.0 Å². The lowest BCUT2D eigenvalue weighted by Gasteiger charge is -2.18. The van der Waals surface area contributed by atoms with Crippen molar-refractivity contribution in [1.29, 1.82) is 5.26 Å². The Bertz CT molecular complexity index is 842. The monoisotopic (exact) mass is 417 g/mol. The Morgan fingerprint density at radius 2 is 2.08 bits per heavy atom. The van der Waals surface area contributed by atoms with Crippen molar-refractivity contribution in [3.05, 3.63) is 57.8 Å². The third kappa shape index (κ3) is 5.09. The first kappa shape index (κ1) is 20.0. The van der Waals surface area contributed by atoms with Crippen LogP contribution in [0.25, 0.3) is 11.6 Å². The summed E-state index contributed by atoms with van der Waals surface area (Å²) in [6.45, 7) is 6.43. The van der Waals surface area contributed by atoms with Crippen molar-refractivity contribution in [1.82, 2.24) is 0 Å². The standard InChI is InChI=1S/C21H21BrFNO2/c1-4-14(3)26-21-19(22)10-15(11-20(21)25-5-2)9-17(13-24)16-7-6-8-18(23)12-16/h6-12,14H,4-5H2,1-3H3/b17-9-/t14-/m1/s1. The molecular formula is C21H21BrFNO2. The van der Waals surface area contributed by atoms with Gasteiger partial charge in [0, 0.05) is 0 Å². The van der Waals surface area contributed by atoms with Crippen LogP contribution >= 0.6 is 15.9 Å². The summed E-state index contributed by atoms with van der Waals surface area (Å²) in [7, 11) is 0. The second-order valence-electron chi connectivity index (χ2n) is 5.78. The van der Waals surface area contributed by atoms with Gasteiger partial charge in [-0.15, -0.1) is 0 Å². The lowest BCUT2D eigenvalue weighted by atomic mass is 10.0. The number of allylic oxidation sites excluding steroid dienone is 1. The maximum Gasteiger partial charge on any atom is 0.175 e. The van der Waals surface area contributed by atoms with Crippen LogP contribution in [0, 0.1) is 17.1 Å². The van der Waals surface area contributed by atoms with E-state index in [-0.39, 0.29) is 11.9 Å². The van der Waals surface area contributed by atoms with Crippen LogP contribution in [0.5, 0.6) is 11.5 Å². The maximum absolute atomic E-state index is 13.5. The Morgan fingerprint density at radius 3 is 2.69 bits per heavy atom. The lowest BCUT2D eigenvalue weighted by Crippen LogP contribution is -2.11. The van der Waals surface area contributed by atoms with E-state index in [4.69, 9.17) is 9.47 Å². The van der Waals surface area contributed by atoms with Crippen molar-refractivity contribution in [2.75, 3.05) is 6.61 Å². The summed E-state index contributed by atoms with van der Waals surface area (Å²) < 4.78 is 25.9. The molecule has 0 fully saturated rings. The van der Waals surface area contributed by atoms with Crippen molar-refractivity contribution in [3.63, 3.8) is 0 Å². The van der Waals surface area contributed by atoms with Crippen molar-refractivity contribution < 1.29 is 13.9 Å². The number of hydrogen-bond acceptors (Lipinski definition) is 3. The van der Waals surface area contributed by atoms with Gasteiger partial charge in [0.25, 0.3) is 0 Å². The second kappa shape index (κ2) is 9.40. The van der Waals surface area contributed by atoms with E-state index in [1.54, 1.807) is 18.2 Å². The minimum Gasteiger partial charge on any atom is -0.490 e. The number of benzene rings is 2. The molecule has 0 saturated carbocycles. The van der Waals surface area contributed by atoms with Gasteiger partial charge >= 0.3 is 0 Å². The molecule has 2 aromatic rings. The molecule has 0 aliphatic carbocycles. The molecule has 136 valence electrons. The van der Waals surface area contributed by atoms with E-state index in [9.17, 15) is 9.65 Å². The Labute approximate surface area is 162 Å². The number of nitriles is 1. The van der Waals surface area contributed by atoms with E-state index in [1.165, 1.54) is 12.1 Å². The molecule has 0 radical (unpaired) electrons. The molecule has 0 spiro atoms. The number of nitrogens with zero attached hydrogens (tertiary/aromatic N) is 1. The third-order valence-corrected chi connectivity index (χ3v) is 4.38. The smallest absolute Gasteiger partial charge is 0.175 e. The molecule has 2 rings (SSSR count). The van der Waals surface area contributed by atoms with Gasteiger partial charge in [-0.3, -0.25) is 0 Å². The molecule has 0 aliphatic rings. The van der Waals surface area contributed by atoms with Gasteiger partial charge in [0.05, 0.1) is 28.8 Å². The fraction of sp³-hybridized carbons (Fsp3) is 0.286. The molecule has 26 heavy (non-hydrogen) atoms. The predicted octanol–water partition coefficient (Wildman–Crippen LogP) is 6.23. The Kier molecular flexibility index (Phi) is 7.23. The van der Waals surface area contributed by atoms with Crippen LogP contribution in [0.4, 0.5) is 4.39 Å². The fourth-order valence-electron chi connectivity index (χ4n) is 2.34. The largest absolute Gasteiger partial charge is 0.490 e. The summed E-state index contributed by atoms with van der Waals surface area (Å²) in [6, 6.07) is 11.8. The summed E-state index contributed by atoms with van der Waals surface area (Å²) in [5, 5.41) is 9.47. The summed E-state index contributed by atoms with van der Waals surface area (Å²) in [5.41, 5.74) is 1.66. The molecule has 2 aromatic carbocycles. The fourth-order valence-corrected chi connectivity index (χ4v) is 2.89. The molecule has 0 saturated heterocycles. The topological polar surface area (TPSA) is 42.2 Å². The lowest BCUT2D eigenvalue weighted by molar-refractivity contribution is 0.202. The molecular weight excluding hydrogens is 397 g/mol. The molecule has 0 aromatic heterocycles. The van der Waals surface area contributed by atoms with Crippen molar-refractivity contribution >= 4 is 27.6 Å². The highest BCUT2D eigenvalue weighted by molar-refractivity contribution is 9.10. The van der Waals surface area contributed by atoms with E-state index >= 15 is 0 Å². The predicted molar refractivity (Wildman–Crippen MR) is 106 cm³/mol. The van der Waals surface area contributed by atoms with E-state index in [1.807, 2.05) is 32.9 Å². The first-order valence-corrected chi connectivity index (χ1v) is 9.28. The SMILES string of the molecule is CCOc1cc(/C=C(/C#N)c2cccc(F)c2)cc(Br)c1O[C@H](C)CC. The number of ether oxygens (including phenoxy) is 2. The zero-order valence-corrected chi connectivity index (χ0v) is 16.6. The molecule has 0 unspecified atom stereocenters. The average Bonchev–Trinajstić information content (AvgIpc) is 2.62. The molecule has 0 aliphatic heterocycles. The highest BCUT2D eigenvalue weighted by Crippen LogP contribution is 2.38. The van der Waals surface area contributed by atoms with Gasteiger partial charge in [0.15, 0.2) is 11.5 Å². The minimum atomic E-state index is -0.378. The van der Waals surface area contributed by atoms with Gasteiger partial charge in [-0.05, 0) is 77.7 Å². The normalized spacial score (nSPS) is 12.4. The van der Waals surface area contributed by atoms with E-state index < -0.39 is 0 Å². The molecule has 5 heteroatoms. The second-order valence-corrected chi connectivity index (χ2v) is 6.63. The number of rotatable bonds is 7. The summed E-state index contributed by atoms with van der Waals surface area (Å²) >= 11 is 3.53. The van der Waals surface area contributed by atoms with E-state index in [0.717, 1.165) is 16.5 Å². The summed E-state index contributed by atoms with van der Waals surface area (Å²) in [5.74, 6) is 0.865. The van der Waals surface area contributed by atoms with Gasteiger partial charge in [-0.25, -0.2) is 4.39 Å². The van der Waals surface area contributed by atoms with Crippen molar-refractivity contribution in [3.8, 4) is 17.6 Å². The molecule has 3 nitrogen and oxygen atoms in total.